The fourth-order valence-corrected chi connectivity index (χ4v) is 4.93. The predicted octanol–water partition coefficient (Wildman–Crippen LogP) is 11.1. The highest BCUT2D eigenvalue weighted by Crippen LogP contribution is 2.33. The van der Waals surface area contributed by atoms with Gasteiger partial charge in [-0.25, -0.2) is 0 Å². The molecule has 4 N–H and O–H groups in total. The number of hydrogen-bond acceptors (Lipinski definition) is 4. The molecule has 0 spiro atoms. The Bertz CT molecular complexity index is 1480. The van der Waals surface area contributed by atoms with Gasteiger partial charge in [0.15, 0.2) is 0 Å². The molecule has 6 rings (SSSR count). The van der Waals surface area contributed by atoms with Crippen molar-refractivity contribution in [3.8, 4) is 0 Å². The van der Waals surface area contributed by atoms with Gasteiger partial charge in [0.1, 0.15) is 0 Å². The Morgan fingerprint density at radius 1 is 0.333 bits per heavy atom. The second-order valence-electron chi connectivity index (χ2n) is 10.8. The van der Waals surface area contributed by atoms with E-state index in [0.717, 1.165) is 28.4 Å². The summed E-state index contributed by atoms with van der Waals surface area (Å²) >= 11 is 0. The van der Waals surface area contributed by atoms with Gasteiger partial charge in [-0.15, -0.1) is 0 Å². The quantitative estimate of drug-likeness (QED) is 0.136. The van der Waals surface area contributed by atoms with E-state index in [-0.39, 0.29) is 5.92 Å². The monoisotopic (exact) mass is 692 g/mol. The van der Waals surface area contributed by atoms with Crippen LogP contribution in [0.3, 0.4) is 0 Å². The van der Waals surface area contributed by atoms with Gasteiger partial charge >= 0.3 is 0 Å². The van der Waals surface area contributed by atoms with E-state index in [0.29, 0.717) is 5.92 Å². The maximum atomic E-state index is 7.00. The molecule has 0 aliphatic heterocycles. The molecule has 6 aromatic carbocycles. The first-order valence-corrected chi connectivity index (χ1v) is 17.6. The summed E-state index contributed by atoms with van der Waals surface area (Å²) in [6.07, 6.45) is 2.50. The zero-order valence-electron chi connectivity index (χ0n) is 32.4. The Balaban J connectivity index is 0. The van der Waals surface area contributed by atoms with E-state index < -0.39 is 0 Å². The molecule has 276 valence electrons. The van der Waals surface area contributed by atoms with Crippen LogP contribution < -0.4 is 0 Å². The summed E-state index contributed by atoms with van der Waals surface area (Å²) in [6, 6.07) is 58.0. The van der Waals surface area contributed by atoms with Crippen LogP contribution in [-0.2, 0) is 0 Å². The molecular weight excluding hydrogens is 629 g/mol. The van der Waals surface area contributed by atoms with Gasteiger partial charge in [0.25, 0.3) is 0 Å². The Morgan fingerprint density at radius 2 is 0.608 bits per heavy atom. The number of rotatable bonds is 5. The molecule has 0 bridgehead atoms. The maximum Gasteiger partial charge on any atom is 0.0340 e. The number of aliphatic hydroxyl groups is 4. The first kappa shape index (κ1) is 48.5. The minimum absolute atomic E-state index is 0.266. The Kier molecular flexibility index (Phi) is 32.3. The number of fused-ring (bicyclic) bond motifs is 1. The van der Waals surface area contributed by atoms with Crippen LogP contribution in [-0.4, -0.2) is 48.9 Å². The molecule has 0 saturated heterocycles. The van der Waals surface area contributed by atoms with E-state index in [9.17, 15) is 0 Å². The zero-order valence-corrected chi connectivity index (χ0v) is 32.4. The average molecular weight is 693 g/mol. The standard InChI is InChI=1S/C23H18.C14H14.2C3H8.4CH4O/c1-3-10-19(11-4-1)23(20-12-5-2-6-13-20)22-16-15-18-9-7-8-14-21(18)17-22;1-12(13-8-4-2-5-9-13)14-10-6-3-7-11-14;2*1-3-2;4*1-2/h1-17,23H;2-12H,1H3;2*3H2,1-2H3;4*2H,1H3. The molecule has 51 heavy (non-hydrogen) atoms. The van der Waals surface area contributed by atoms with Gasteiger partial charge in [0.2, 0.25) is 0 Å². The van der Waals surface area contributed by atoms with Crippen molar-refractivity contribution in [3.63, 3.8) is 0 Å². The summed E-state index contributed by atoms with van der Waals surface area (Å²) in [7, 11) is 4.00. The van der Waals surface area contributed by atoms with Crippen molar-refractivity contribution in [1.82, 2.24) is 0 Å². The van der Waals surface area contributed by atoms with Crippen molar-refractivity contribution in [1.29, 1.82) is 0 Å². The lowest BCUT2D eigenvalue weighted by Gasteiger charge is -2.19. The fraction of sp³-hybridized carbons (Fsp3) is 0.277. The maximum absolute atomic E-state index is 7.00. The molecular formula is C47H64O4. The highest BCUT2D eigenvalue weighted by molar-refractivity contribution is 5.83. The predicted molar refractivity (Wildman–Crippen MR) is 223 cm³/mol. The molecule has 4 heteroatoms. The van der Waals surface area contributed by atoms with Gasteiger partial charge in [0.05, 0.1) is 0 Å². The average Bonchev–Trinajstić information content (AvgIpc) is 3.23. The largest absolute Gasteiger partial charge is 0.400 e. The van der Waals surface area contributed by atoms with Crippen molar-refractivity contribution in [2.24, 2.45) is 0 Å². The zero-order chi connectivity index (χ0) is 38.7. The summed E-state index contributed by atoms with van der Waals surface area (Å²) in [5.74, 6) is 0.749. The van der Waals surface area contributed by atoms with Crippen LogP contribution in [0.5, 0.6) is 0 Å². The SMILES string of the molecule is CC(c1ccccc1)c1ccccc1.CCC.CCC.CO.CO.CO.CO.c1ccc(C(c2ccccc2)c2ccc3ccccc3c2)cc1. The van der Waals surface area contributed by atoms with Crippen LogP contribution in [0.15, 0.2) is 164 Å². The van der Waals surface area contributed by atoms with E-state index in [1.54, 1.807) is 0 Å². The third-order valence-electron chi connectivity index (χ3n) is 6.97. The minimum atomic E-state index is 0.266. The summed E-state index contributed by atoms with van der Waals surface area (Å²) in [4.78, 5) is 0. The molecule has 0 radical (unpaired) electrons. The van der Waals surface area contributed by atoms with Crippen LogP contribution in [0.4, 0.5) is 0 Å². The Labute approximate surface area is 309 Å². The van der Waals surface area contributed by atoms with Crippen molar-refractivity contribution < 1.29 is 20.4 Å². The first-order chi connectivity index (χ1) is 25.1. The van der Waals surface area contributed by atoms with Gasteiger partial charge in [0, 0.05) is 40.3 Å². The Morgan fingerprint density at radius 3 is 0.941 bits per heavy atom. The number of benzene rings is 6. The molecule has 0 aromatic heterocycles. The molecule has 0 aliphatic carbocycles. The van der Waals surface area contributed by atoms with Crippen molar-refractivity contribution in [3.05, 3.63) is 192 Å². The van der Waals surface area contributed by atoms with Gasteiger partial charge in [-0.1, -0.05) is 211 Å². The van der Waals surface area contributed by atoms with Crippen LogP contribution in [0.2, 0.25) is 0 Å². The van der Waals surface area contributed by atoms with Crippen molar-refractivity contribution in [2.75, 3.05) is 28.4 Å². The molecule has 0 saturated carbocycles. The summed E-state index contributed by atoms with van der Waals surface area (Å²) in [5, 5.41) is 30.6. The fourth-order valence-electron chi connectivity index (χ4n) is 4.93. The lowest BCUT2D eigenvalue weighted by Crippen LogP contribution is -2.03. The molecule has 6 aromatic rings. The Hall–Kier alpha value is -4.58. The van der Waals surface area contributed by atoms with Gasteiger partial charge < -0.3 is 20.4 Å². The number of aliphatic hydroxyl groups excluding tert-OH is 4. The minimum Gasteiger partial charge on any atom is -0.400 e. The van der Waals surface area contributed by atoms with E-state index in [1.165, 1.54) is 51.4 Å². The third-order valence-corrected chi connectivity index (χ3v) is 6.97. The van der Waals surface area contributed by atoms with Crippen molar-refractivity contribution >= 4 is 10.8 Å². The van der Waals surface area contributed by atoms with E-state index in [2.05, 4.69) is 198 Å². The topological polar surface area (TPSA) is 80.9 Å². The van der Waals surface area contributed by atoms with Crippen LogP contribution in [0.1, 0.15) is 87.1 Å². The van der Waals surface area contributed by atoms with E-state index in [1.807, 2.05) is 0 Å². The third kappa shape index (κ3) is 18.8. The highest BCUT2D eigenvalue weighted by Gasteiger charge is 2.16. The first-order valence-electron chi connectivity index (χ1n) is 17.6. The summed E-state index contributed by atoms with van der Waals surface area (Å²) in [6.45, 7) is 10.7. The smallest absolute Gasteiger partial charge is 0.0340 e. The molecule has 0 atom stereocenters. The molecule has 0 amide bonds. The van der Waals surface area contributed by atoms with Gasteiger partial charge in [-0.3, -0.25) is 0 Å². The van der Waals surface area contributed by atoms with Crippen molar-refractivity contribution in [2.45, 2.75) is 59.3 Å². The molecule has 4 nitrogen and oxygen atoms in total. The second-order valence-corrected chi connectivity index (χ2v) is 10.8. The van der Waals surface area contributed by atoms with E-state index >= 15 is 0 Å². The van der Waals surface area contributed by atoms with Crippen LogP contribution >= 0.6 is 0 Å². The summed E-state index contributed by atoms with van der Waals surface area (Å²) in [5.41, 5.74) is 6.74. The highest BCUT2D eigenvalue weighted by atomic mass is 16.2. The van der Waals surface area contributed by atoms with Crippen LogP contribution in [0.25, 0.3) is 10.8 Å². The number of hydrogen-bond donors (Lipinski definition) is 4. The molecule has 0 aliphatic rings. The second kappa shape index (κ2) is 33.9. The lowest BCUT2D eigenvalue weighted by atomic mass is 9.84. The van der Waals surface area contributed by atoms with E-state index in [4.69, 9.17) is 20.4 Å². The molecule has 0 fully saturated rings. The molecule has 0 unspecified atom stereocenters. The molecule has 0 heterocycles. The summed E-state index contributed by atoms with van der Waals surface area (Å²) < 4.78 is 0. The van der Waals surface area contributed by atoms with Gasteiger partial charge in [-0.2, -0.15) is 0 Å². The normalized spacial score (nSPS) is 9.00. The lowest BCUT2D eigenvalue weighted by molar-refractivity contribution is 0.399. The van der Waals surface area contributed by atoms with Gasteiger partial charge in [-0.05, 0) is 38.6 Å². The van der Waals surface area contributed by atoms with Crippen LogP contribution in [0, 0.1) is 0 Å².